The van der Waals surface area contributed by atoms with Gasteiger partial charge in [-0.1, -0.05) is 19.1 Å². The molecule has 18 heteroatoms. The van der Waals surface area contributed by atoms with Crippen LogP contribution in [0.3, 0.4) is 0 Å². The second kappa shape index (κ2) is 19.1. The van der Waals surface area contributed by atoms with Crippen molar-refractivity contribution < 1.29 is 18.9 Å². The molecule has 3 aromatic heterocycles. The molecule has 4 saturated heterocycles. The van der Waals surface area contributed by atoms with Gasteiger partial charge >= 0.3 is 5.69 Å². The van der Waals surface area contributed by atoms with Crippen LogP contribution in [-0.2, 0) is 27.6 Å². The number of methoxy groups -OCH3 is 1. The third-order valence-electron chi connectivity index (χ3n) is 15.5. The molecule has 3 N–H and O–H groups in total. The molecule has 7 heterocycles. The Labute approximate surface area is 417 Å². The monoisotopic (exact) mass is 1030 g/mol. The number of anilines is 6. The van der Waals surface area contributed by atoms with Crippen LogP contribution in [0.2, 0.25) is 0 Å². The number of carbonyl (C=O) groups excluding carboxylic acids is 2. The number of pyridine rings is 1. The lowest BCUT2D eigenvalue weighted by molar-refractivity contribution is -0.135. The molecule has 3 aromatic carbocycles. The molecule has 1 unspecified atom stereocenters. The Balaban J connectivity index is 0.758. The highest BCUT2D eigenvalue weighted by atomic mass is 79.9. The van der Waals surface area contributed by atoms with Gasteiger partial charge in [0.15, 0.2) is 0 Å². The molecule has 0 aliphatic carbocycles. The summed E-state index contributed by atoms with van der Waals surface area (Å²) in [7, 11) is 0.735. The lowest BCUT2D eigenvalue weighted by Gasteiger charge is -2.50. The van der Waals surface area contributed by atoms with Crippen LogP contribution >= 0.6 is 23.1 Å². The molecule has 16 nitrogen and oxygen atoms in total. The highest BCUT2D eigenvalue weighted by molar-refractivity contribution is 9.10. The Morgan fingerprint density at radius 3 is 2.30 bits per heavy atom. The number of nitrogens with zero attached hydrogens (tertiary/aromatic N) is 8. The number of fused-ring (bicyclic) bond motifs is 2. The van der Waals surface area contributed by atoms with E-state index >= 15 is 0 Å². The Kier molecular flexibility index (Phi) is 13.1. The Morgan fingerprint density at radius 2 is 1.60 bits per heavy atom. The summed E-state index contributed by atoms with van der Waals surface area (Å²) in [6.45, 7) is 13.8. The summed E-state index contributed by atoms with van der Waals surface area (Å²) in [6.07, 6.45) is 9.92. The van der Waals surface area contributed by atoms with Crippen LogP contribution < -0.4 is 41.5 Å². The van der Waals surface area contributed by atoms with Gasteiger partial charge in [-0.2, -0.15) is 4.98 Å². The third kappa shape index (κ3) is 9.09. The number of halogens is 1. The van der Waals surface area contributed by atoms with E-state index in [1.54, 1.807) is 42.8 Å². The molecule has 4 aliphatic heterocycles. The van der Waals surface area contributed by atoms with Gasteiger partial charge in [0.05, 0.1) is 45.2 Å². The van der Waals surface area contributed by atoms with Crippen LogP contribution in [0.15, 0.2) is 70.1 Å². The standard InChI is InChI=1S/C52H63BrN11O5P/c1-7-33-11-12-35-37(55-33)13-14-38(47(35)70(5,6)68)56-48-36(53)31-54-50(59-48)57-39-29-32(2)43(30-44(39)69-4)63-27-21-52(22-28-63)19-25-61(26-20-52)34-17-23-62(24-18-34)40-9-8-10-41-46(40)60(3)51(67)64(41)42-15-16-45(65)58-49(42)66/h8-14,29-31,34,42H,7,15-28H2,1-6H3,(H,58,65,66)(H2,54,56,57,59). The lowest BCUT2D eigenvalue weighted by Crippen LogP contribution is -2.52. The number of nitrogens with one attached hydrogen (secondary N) is 3. The molecule has 10 rings (SSSR count). The van der Waals surface area contributed by atoms with Gasteiger partial charge in [-0.15, -0.1) is 0 Å². The molecular formula is C52H63BrN11O5P. The van der Waals surface area contributed by atoms with Gasteiger partial charge in [0, 0.05) is 80.0 Å². The molecule has 1 spiro atoms. The van der Waals surface area contributed by atoms with Crippen LogP contribution in [0.1, 0.15) is 75.6 Å². The highest BCUT2D eigenvalue weighted by Gasteiger charge is 2.40. The van der Waals surface area contributed by atoms with Crippen LogP contribution in [0, 0.1) is 12.3 Å². The predicted octanol–water partition coefficient (Wildman–Crippen LogP) is 8.38. The topological polar surface area (TPSA) is 172 Å². The van der Waals surface area contributed by atoms with E-state index in [1.165, 1.54) is 18.5 Å². The van der Waals surface area contributed by atoms with Crippen molar-refractivity contribution in [2.45, 2.75) is 83.7 Å². The number of rotatable bonds is 11. The van der Waals surface area contributed by atoms with E-state index in [0.717, 1.165) is 121 Å². The van der Waals surface area contributed by atoms with Gasteiger partial charge in [0.1, 0.15) is 24.8 Å². The molecule has 1 atom stereocenters. The Morgan fingerprint density at radius 1 is 0.871 bits per heavy atom. The van der Waals surface area contributed by atoms with Gasteiger partial charge in [-0.25, -0.2) is 9.78 Å². The molecule has 2 amide bonds. The zero-order valence-electron chi connectivity index (χ0n) is 41.0. The van der Waals surface area contributed by atoms with E-state index in [0.29, 0.717) is 45.6 Å². The molecular weight excluding hydrogens is 970 g/mol. The summed E-state index contributed by atoms with van der Waals surface area (Å²) >= 11 is 3.64. The fourth-order valence-corrected chi connectivity index (χ4v) is 13.4. The number of aryl methyl sites for hydroxylation is 3. The maximum atomic E-state index is 13.7. The number of piperidine rings is 4. The number of ether oxygens (including phenoxy) is 1. The first-order chi connectivity index (χ1) is 33.6. The number of benzene rings is 3. The molecule has 0 radical (unpaired) electrons. The zero-order valence-corrected chi connectivity index (χ0v) is 43.5. The summed E-state index contributed by atoms with van der Waals surface area (Å²) in [4.78, 5) is 60.1. The summed E-state index contributed by atoms with van der Waals surface area (Å²) < 4.78 is 23.6. The zero-order chi connectivity index (χ0) is 49.1. The number of likely N-dealkylation sites (tertiary alicyclic amines) is 1. The van der Waals surface area contributed by atoms with Gasteiger partial charge in [-0.05, 0) is 148 Å². The maximum Gasteiger partial charge on any atom is 0.329 e. The molecule has 6 aromatic rings. The van der Waals surface area contributed by atoms with Crippen LogP contribution in [-0.4, -0.2) is 107 Å². The van der Waals surface area contributed by atoms with Crippen molar-refractivity contribution in [3.05, 3.63) is 87.0 Å². The molecule has 368 valence electrons. The number of para-hydroxylation sites is 1. The Hall–Kier alpha value is -5.77. The van der Waals surface area contributed by atoms with Crippen LogP contribution in [0.5, 0.6) is 5.75 Å². The average Bonchev–Trinajstić information content (AvgIpc) is 3.60. The first-order valence-electron chi connectivity index (χ1n) is 24.6. The van der Waals surface area contributed by atoms with E-state index in [-0.39, 0.29) is 18.0 Å². The first kappa shape index (κ1) is 47.9. The number of hydrogen-bond acceptors (Lipinski definition) is 13. The Bertz CT molecular complexity index is 3120. The SMILES string of the molecule is CCc1ccc2c(P(C)(C)=O)c(Nc3nc(Nc4cc(C)c(N5CCC6(CC5)CCN(C5CCN(c7cccc8c7n(C)c(=O)n8C7CCC(=O)NC7=O)CC5)CC6)cc4OC)ncc3Br)ccc2n1. The number of carbonyl (C=O) groups is 2. The van der Waals surface area contributed by atoms with Gasteiger partial charge in [-0.3, -0.25) is 29.0 Å². The van der Waals surface area contributed by atoms with Gasteiger partial charge in [0.25, 0.3) is 0 Å². The summed E-state index contributed by atoms with van der Waals surface area (Å²) in [5, 5.41) is 10.9. The average molecular weight is 1030 g/mol. The molecule has 70 heavy (non-hydrogen) atoms. The molecule has 4 aliphatic rings. The van der Waals surface area contributed by atoms with E-state index < -0.39 is 19.1 Å². The largest absolute Gasteiger partial charge is 0.494 e. The second-order valence-electron chi connectivity index (χ2n) is 20.1. The lowest BCUT2D eigenvalue weighted by atomic mass is 9.70. The number of aromatic nitrogens is 5. The van der Waals surface area contributed by atoms with Crippen LogP contribution in [0.25, 0.3) is 21.9 Å². The second-order valence-corrected chi connectivity index (χ2v) is 24.1. The first-order valence-corrected chi connectivity index (χ1v) is 28.0. The smallest absolute Gasteiger partial charge is 0.329 e. The summed E-state index contributed by atoms with van der Waals surface area (Å²) in [6, 6.07) is 18.0. The van der Waals surface area contributed by atoms with Crippen molar-refractivity contribution in [1.82, 2.24) is 34.3 Å². The number of hydrogen-bond donors (Lipinski definition) is 3. The number of imidazole rings is 1. The van der Waals surface area contributed by atoms with Crippen LogP contribution in [0.4, 0.5) is 34.5 Å². The van der Waals surface area contributed by atoms with Crippen molar-refractivity contribution in [1.29, 1.82) is 0 Å². The number of imide groups is 1. The fourth-order valence-electron chi connectivity index (χ4n) is 11.6. The van der Waals surface area contributed by atoms with Crippen molar-refractivity contribution in [3.8, 4) is 5.75 Å². The molecule has 4 fully saturated rings. The van der Waals surface area contributed by atoms with Gasteiger partial charge in [0.2, 0.25) is 17.8 Å². The minimum atomic E-state index is -2.74. The van der Waals surface area contributed by atoms with Crippen molar-refractivity contribution in [2.24, 2.45) is 12.5 Å². The van der Waals surface area contributed by atoms with Crippen molar-refractivity contribution in [2.75, 3.05) is 80.1 Å². The van der Waals surface area contributed by atoms with E-state index in [1.807, 2.05) is 36.4 Å². The fraction of sp³-hybridized carbons (Fsp3) is 0.462. The van der Waals surface area contributed by atoms with Gasteiger partial charge < -0.3 is 34.6 Å². The maximum absolute atomic E-state index is 13.7. The number of amides is 2. The van der Waals surface area contributed by atoms with E-state index in [2.05, 4.69) is 83.6 Å². The minimum absolute atomic E-state index is 0.220. The summed E-state index contributed by atoms with van der Waals surface area (Å²) in [5.74, 6) is 0.938. The predicted molar refractivity (Wildman–Crippen MR) is 283 cm³/mol. The van der Waals surface area contributed by atoms with E-state index in [4.69, 9.17) is 14.7 Å². The molecule has 0 saturated carbocycles. The minimum Gasteiger partial charge on any atom is -0.494 e. The summed E-state index contributed by atoms with van der Waals surface area (Å²) in [5.41, 5.74) is 8.32. The van der Waals surface area contributed by atoms with Crippen molar-refractivity contribution >= 4 is 96.6 Å². The third-order valence-corrected chi connectivity index (χ3v) is 17.7. The normalized spacial score (nSPS) is 19.3. The molecule has 0 bridgehead atoms. The van der Waals surface area contributed by atoms with E-state index in [9.17, 15) is 18.9 Å². The highest BCUT2D eigenvalue weighted by Crippen LogP contribution is 2.46. The van der Waals surface area contributed by atoms with Crippen molar-refractivity contribution in [3.63, 3.8) is 0 Å². The quantitative estimate of drug-likeness (QED) is 0.0836.